The summed E-state index contributed by atoms with van der Waals surface area (Å²) in [5.74, 6) is -0.581. The van der Waals surface area contributed by atoms with Crippen LogP contribution < -0.4 is 5.73 Å². The van der Waals surface area contributed by atoms with Gasteiger partial charge in [-0.15, -0.1) is 0 Å². The highest BCUT2D eigenvalue weighted by Gasteiger charge is 2.44. The van der Waals surface area contributed by atoms with Gasteiger partial charge < -0.3 is 30.7 Å². The Bertz CT molecular complexity index is 395. The van der Waals surface area contributed by atoms with Gasteiger partial charge in [-0.05, 0) is 0 Å². The van der Waals surface area contributed by atoms with Crippen molar-refractivity contribution in [3.8, 4) is 0 Å². The van der Waals surface area contributed by atoms with E-state index in [1.165, 1.54) is 6.20 Å². The number of amides is 1. The minimum absolute atomic E-state index is 0.291. The summed E-state index contributed by atoms with van der Waals surface area (Å²) in [6, 6.07) is 0. The maximum absolute atomic E-state index is 11.1. The van der Waals surface area contributed by atoms with E-state index in [1.807, 2.05) is 0 Å². The van der Waals surface area contributed by atoms with E-state index in [4.69, 9.17) is 15.6 Å². The zero-order valence-electron chi connectivity index (χ0n) is 9.64. The fourth-order valence-electron chi connectivity index (χ4n) is 2.05. The summed E-state index contributed by atoms with van der Waals surface area (Å²) in [5.41, 5.74) is 5.46. The third-order valence-corrected chi connectivity index (χ3v) is 3.05. The summed E-state index contributed by atoms with van der Waals surface area (Å²) in [4.78, 5) is 12.6. The minimum Gasteiger partial charge on any atom is -0.394 e. The Hall–Kier alpha value is -1.41. The summed E-state index contributed by atoms with van der Waals surface area (Å²) < 4.78 is 5.35. The molecule has 4 atom stereocenters. The number of aliphatic hydroxyl groups is 3. The first-order valence-corrected chi connectivity index (χ1v) is 5.61. The molecule has 0 unspecified atom stereocenters. The van der Waals surface area contributed by atoms with Gasteiger partial charge in [0.15, 0.2) is 6.23 Å². The smallest absolute Gasteiger partial charge is 0.250 e. The van der Waals surface area contributed by atoms with Crippen molar-refractivity contribution in [2.45, 2.75) is 24.5 Å². The zero-order chi connectivity index (χ0) is 13.3. The van der Waals surface area contributed by atoms with Crippen molar-refractivity contribution < 1.29 is 24.9 Å². The minimum atomic E-state index is -1.16. The van der Waals surface area contributed by atoms with E-state index in [0.717, 1.165) is 0 Å². The number of carbonyl (C=O) groups is 1. The van der Waals surface area contributed by atoms with Gasteiger partial charge in [-0.1, -0.05) is 12.2 Å². The molecule has 0 aliphatic carbocycles. The molecule has 2 heterocycles. The monoisotopic (exact) mass is 256 g/mol. The molecule has 18 heavy (non-hydrogen) atoms. The lowest BCUT2D eigenvalue weighted by Gasteiger charge is -2.30. The molecule has 100 valence electrons. The van der Waals surface area contributed by atoms with Crippen LogP contribution in [0, 0.1) is 0 Å². The topological polar surface area (TPSA) is 116 Å². The van der Waals surface area contributed by atoms with Crippen LogP contribution in [0.25, 0.3) is 0 Å². The molecule has 5 N–H and O–H groups in total. The predicted molar refractivity (Wildman–Crippen MR) is 60.9 cm³/mol. The zero-order valence-corrected chi connectivity index (χ0v) is 9.64. The Morgan fingerprint density at radius 2 is 2.22 bits per heavy atom. The molecule has 1 saturated heterocycles. The molecular formula is C11H16N2O5. The van der Waals surface area contributed by atoms with Crippen LogP contribution >= 0.6 is 0 Å². The van der Waals surface area contributed by atoms with Gasteiger partial charge >= 0.3 is 0 Å². The second kappa shape index (κ2) is 5.07. The fraction of sp³-hybridized carbons (Fsp3) is 0.545. The molecule has 7 heteroatoms. The quantitative estimate of drug-likeness (QED) is 0.450. The van der Waals surface area contributed by atoms with Gasteiger partial charge in [-0.3, -0.25) is 4.79 Å². The number of hydrogen-bond donors (Lipinski definition) is 4. The number of primary amides is 1. The lowest BCUT2D eigenvalue weighted by molar-refractivity contribution is -0.114. The van der Waals surface area contributed by atoms with Crippen LogP contribution in [0.1, 0.15) is 0 Å². The Labute approximate surface area is 104 Å². The van der Waals surface area contributed by atoms with Crippen molar-refractivity contribution in [1.82, 2.24) is 4.90 Å². The molecule has 1 amide bonds. The second-order valence-electron chi connectivity index (χ2n) is 4.28. The summed E-state index contributed by atoms with van der Waals surface area (Å²) in [7, 11) is 0. The van der Waals surface area contributed by atoms with E-state index in [1.54, 1.807) is 17.1 Å². The molecule has 0 aromatic heterocycles. The van der Waals surface area contributed by atoms with Gasteiger partial charge in [-0.25, -0.2) is 0 Å². The largest absolute Gasteiger partial charge is 0.394 e. The average molecular weight is 256 g/mol. The Kier molecular flexibility index (Phi) is 3.67. The Morgan fingerprint density at radius 3 is 2.78 bits per heavy atom. The molecule has 1 fully saturated rings. The van der Waals surface area contributed by atoms with Crippen LogP contribution in [-0.2, 0) is 9.53 Å². The molecular weight excluding hydrogens is 240 g/mol. The van der Waals surface area contributed by atoms with Crippen molar-refractivity contribution >= 4 is 5.91 Å². The van der Waals surface area contributed by atoms with E-state index in [9.17, 15) is 15.0 Å². The van der Waals surface area contributed by atoms with E-state index >= 15 is 0 Å². The van der Waals surface area contributed by atoms with Crippen molar-refractivity contribution in [1.29, 1.82) is 0 Å². The highest BCUT2D eigenvalue weighted by molar-refractivity contribution is 5.94. The van der Waals surface area contributed by atoms with Crippen LogP contribution in [0.2, 0.25) is 0 Å². The van der Waals surface area contributed by atoms with Gasteiger partial charge in [0.2, 0.25) is 5.91 Å². The van der Waals surface area contributed by atoms with Crippen molar-refractivity contribution in [2.24, 2.45) is 5.73 Å². The average Bonchev–Trinajstić information content (AvgIpc) is 2.66. The normalized spacial score (nSPS) is 35.7. The highest BCUT2D eigenvalue weighted by Crippen LogP contribution is 2.25. The number of nitrogens with two attached hydrogens (primary N) is 1. The van der Waals surface area contributed by atoms with Gasteiger partial charge in [0.05, 0.1) is 12.2 Å². The van der Waals surface area contributed by atoms with Gasteiger partial charge in [-0.2, -0.15) is 0 Å². The molecule has 0 aromatic carbocycles. The fourth-order valence-corrected chi connectivity index (χ4v) is 2.05. The lowest BCUT2D eigenvalue weighted by atomic mass is 10.1. The molecule has 0 bridgehead atoms. The number of ether oxygens (including phenoxy) is 1. The molecule has 0 saturated carbocycles. The lowest BCUT2D eigenvalue weighted by Crippen LogP contribution is -2.42. The standard InChI is InChI=1S/C11H16N2O5/c12-10(17)6-2-1-3-13(4-6)11-9(16)8(15)7(5-14)18-11/h1-2,4,7-9,11,14-16H,3,5H2,(H2,12,17)/t7-,8-,9-,11-/m1/s1. The summed E-state index contributed by atoms with van der Waals surface area (Å²) in [6.45, 7) is 0.0359. The Balaban J connectivity index is 2.13. The summed E-state index contributed by atoms with van der Waals surface area (Å²) in [5, 5.41) is 28.5. The van der Waals surface area contributed by atoms with Crippen molar-refractivity contribution in [3.63, 3.8) is 0 Å². The first-order valence-electron chi connectivity index (χ1n) is 5.61. The maximum atomic E-state index is 11.1. The summed E-state index contributed by atoms with van der Waals surface area (Å²) >= 11 is 0. The van der Waals surface area contributed by atoms with Gasteiger partial charge in [0.1, 0.15) is 18.3 Å². The molecule has 2 aliphatic rings. The van der Waals surface area contributed by atoms with Crippen LogP contribution in [0.5, 0.6) is 0 Å². The van der Waals surface area contributed by atoms with E-state index in [0.29, 0.717) is 12.1 Å². The van der Waals surface area contributed by atoms with Crippen LogP contribution in [0.3, 0.4) is 0 Å². The van der Waals surface area contributed by atoms with E-state index in [2.05, 4.69) is 0 Å². The number of rotatable bonds is 3. The molecule has 7 nitrogen and oxygen atoms in total. The van der Waals surface area contributed by atoms with E-state index in [-0.39, 0.29) is 6.61 Å². The van der Waals surface area contributed by atoms with Crippen molar-refractivity contribution in [2.75, 3.05) is 13.2 Å². The second-order valence-corrected chi connectivity index (χ2v) is 4.28. The van der Waals surface area contributed by atoms with Gasteiger partial charge in [0.25, 0.3) is 0 Å². The SMILES string of the molecule is NC(=O)C1=CN([C@@H]2O[C@H](CO)[C@@H](O)[C@H]2O)CC=C1. The first kappa shape index (κ1) is 13.0. The van der Waals surface area contributed by atoms with Gasteiger partial charge in [0, 0.05) is 12.7 Å². The van der Waals surface area contributed by atoms with Crippen LogP contribution in [-0.4, -0.2) is 63.8 Å². The molecule has 0 radical (unpaired) electrons. The Morgan fingerprint density at radius 1 is 1.50 bits per heavy atom. The van der Waals surface area contributed by atoms with Crippen LogP contribution in [0.4, 0.5) is 0 Å². The maximum Gasteiger partial charge on any atom is 0.250 e. The third kappa shape index (κ3) is 2.25. The number of carbonyl (C=O) groups excluding carboxylic acids is 1. The number of aliphatic hydroxyl groups excluding tert-OH is 3. The van der Waals surface area contributed by atoms with Crippen LogP contribution in [0.15, 0.2) is 23.9 Å². The molecule has 0 spiro atoms. The molecule has 0 aromatic rings. The van der Waals surface area contributed by atoms with E-state index < -0.39 is 30.4 Å². The first-order chi connectivity index (χ1) is 8.54. The number of nitrogens with zero attached hydrogens (tertiary/aromatic N) is 1. The third-order valence-electron chi connectivity index (χ3n) is 3.05. The molecule has 2 rings (SSSR count). The number of hydrogen-bond acceptors (Lipinski definition) is 6. The van der Waals surface area contributed by atoms with Crippen molar-refractivity contribution in [3.05, 3.63) is 23.9 Å². The highest BCUT2D eigenvalue weighted by atomic mass is 16.6. The predicted octanol–water partition coefficient (Wildman–Crippen LogP) is -2.33. The summed E-state index contributed by atoms with van der Waals surface area (Å²) in [6.07, 6.45) is 0.811. The molecule has 2 aliphatic heterocycles.